The summed E-state index contributed by atoms with van der Waals surface area (Å²) in [5.41, 5.74) is 7.82. The summed E-state index contributed by atoms with van der Waals surface area (Å²) in [5, 5.41) is 2.55. The van der Waals surface area contributed by atoms with E-state index in [0.717, 1.165) is 36.1 Å². The van der Waals surface area contributed by atoms with Crippen LogP contribution < -0.4 is 15.8 Å². The molecule has 1 saturated heterocycles. The molecular formula is C23H26N4O4. The lowest BCUT2D eigenvalue weighted by Crippen LogP contribution is -2.46. The average molecular weight is 422 g/mol. The zero-order chi connectivity index (χ0) is 22.1. The lowest BCUT2D eigenvalue weighted by Gasteiger charge is -2.38. The molecule has 3 atom stereocenters. The number of amides is 3. The van der Waals surface area contributed by atoms with E-state index in [1.165, 1.54) is 18.5 Å². The second-order valence-electron chi connectivity index (χ2n) is 8.44. The molecule has 0 radical (unpaired) electrons. The number of hydrogen-bond donors (Lipinski definition) is 2. The number of nitrogens with one attached hydrogen (secondary N) is 1. The van der Waals surface area contributed by atoms with Crippen LogP contribution in [0.2, 0.25) is 0 Å². The van der Waals surface area contributed by atoms with E-state index < -0.39 is 17.7 Å². The minimum atomic E-state index is -0.763. The number of piperidine rings is 1. The Morgan fingerprint density at radius 1 is 1.16 bits per heavy atom. The second-order valence-corrected chi connectivity index (χ2v) is 8.44. The maximum atomic E-state index is 13.1. The molecule has 0 saturated carbocycles. The summed E-state index contributed by atoms with van der Waals surface area (Å²) in [6, 6.07) is 7.26. The van der Waals surface area contributed by atoms with E-state index in [2.05, 4.69) is 23.3 Å². The van der Waals surface area contributed by atoms with Crippen molar-refractivity contribution in [2.24, 2.45) is 11.7 Å². The van der Waals surface area contributed by atoms with Crippen molar-refractivity contribution in [3.8, 4) is 5.75 Å². The topological polar surface area (TPSA) is 115 Å². The molecule has 3 N–H and O–H groups in total. The van der Waals surface area contributed by atoms with Gasteiger partial charge >= 0.3 is 11.8 Å². The number of primary amides is 1. The number of fused-ring (bicyclic) bond motifs is 1. The molecule has 0 unspecified atom stereocenters. The molecule has 31 heavy (non-hydrogen) atoms. The van der Waals surface area contributed by atoms with Gasteiger partial charge < -0.3 is 20.7 Å². The Labute approximate surface area is 180 Å². The van der Waals surface area contributed by atoms with E-state index in [1.807, 2.05) is 19.1 Å². The number of aromatic nitrogens is 1. The summed E-state index contributed by atoms with van der Waals surface area (Å²) in [7, 11) is 0. The number of carbonyl (C=O) groups is 3. The molecule has 2 aliphatic heterocycles. The standard InChI is InChI=1S/C23H26N4O4/c1-13-3-5-19(15-4-6-20-16(8-15)7-14(2)31-20)27(12-13)23(30)22(29)26-18-9-17(21(24)28)10-25-11-18/h4,6,8-11,13-14,19H,3,5,7,12H2,1-2H3,(H2,24,28)(H,26,29)/t13-,14-,19+/m0/s1. The molecule has 0 aliphatic carbocycles. The summed E-state index contributed by atoms with van der Waals surface area (Å²) in [5.74, 6) is -0.843. The van der Waals surface area contributed by atoms with Crippen LogP contribution in [0.25, 0.3) is 0 Å². The third-order valence-electron chi connectivity index (χ3n) is 5.86. The molecule has 0 bridgehead atoms. The quantitative estimate of drug-likeness (QED) is 0.738. The number of anilines is 1. The van der Waals surface area contributed by atoms with Crippen LogP contribution >= 0.6 is 0 Å². The number of nitrogens with zero attached hydrogens (tertiary/aromatic N) is 2. The lowest BCUT2D eigenvalue weighted by atomic mass is 9.89. The van der Waals surface area contributed by atoms with E-state index in [4.69, 9.17) is 10.5 Å². The maximum Gasteiger partial charge on any atom is 0.313 e. The first kappa shape index (κ1) is 20.8. The van der Waals surface area contributed by atoms with Crippen LogP contribution in [0.3, 0.4) is 0 Å². The van der Waals surface area contributed by atoms with Gasteiger partial charge in [-0.1, -0.05) is 13.0 Å². The summed E-state index contributed by atoms with van der Waals surface area (Å²) >= 11 is 0. The molecule has 0 spiro atoms. The molecule has 1 aromatic heterocycles. The number of pyridine rings is 1. The van der Waals surface area contributed by atoms with E-state index >= 15 is 0 Å². The fourth-order valence-corrected chi connectivity index (χ4v) is 4.33. The number of hydrogen-bond acceptors (Lipinski definition) is 5. The van der Waals surface area contributed by atoms with Gasteiger partial charge in [-0.3, -0.25) is 19.4 Å². The zero-order valence-corrected chi connectivity index (χ0v) is 17.6. The number of likely N-dealkylation sites (tertiary alicyclic amines) is 1. The van der Waals surface area contributed by atoms with Crippen molar-refractivity contribution in [3.63, 3.8) is 0 Å². The molecule has 4 rings (SSSR count). The summed E-state index contributed by atoms with van der Waals surface area (Å²) < 4.78 is 5.79. The van der Waals surface area contributed by atoms with Gasteiger partial charge in [-0.2, -0.15) is 0 Å². The Balaban J connectivity index is 1.54. The van der Waals surface area contributed by atoms with Crippen molar-refractivity contribution >= 4 is 23.4 Å². The van der Waals surface area contributed by atoms with Crippen molar-refractivity contribution in [2.45, 2.75) is 45.3 Å². The lowest BCUT2D eigenvalue weighted by molar-refractivity contribution is -0.146. The number of ether oxygens (including phenoxy) is 1. The van der Waals surface area contributed by atoms with E-state index in [-0.39, 0.29) is 23.4 Å². The van der Waals surface area contributed by atoms with Gasteiger partial charge in [0.25, 0.3) is 0 Å². The van der Waals surface area contributed by atoms with Crippen molar-refractivity contribution in [3.05, 3.63) is 53.3 Å². The Bertz CT molecular complexity index is 1040. The van der Waals surface area contributed by atoms with Gasteiger partial charge in [-0.25, -0.2) is 0 Å². The van der Waals surface area contributed by atoms with Crippen LogP contribution in [0.5, 0.6) is 5.75 Å². The SMILES string of the molecule is C[C@H]1CC[C@H](c2ccc3c(c2)C[C@H](C)O3)N(C(=O)C(=O)Nc2cncc(C(N)=O)c2)C1. The third kappa shape index (κ3) is 4.38. The Hall–Kier alpha value is -3.42. The average Bonchev–Trinajstić information content (AvgIpc) is 3.12. The Kier molecular flexibility index (Phi) is 5.63. The van der Waals surface area contributed by atoms with Crippen LogP contribution in [-0.4, -0.2) is 40.3 Å². The molecule has 2 aromatic rings. The first-order chi connectivity index (χ1) is 14.8. The molecule has 162 valence electrons. The van der Waals surface area contributed by atoms with Gasteiger partial charge in [0.15, 0.2) is 0 Å². The van der Waals surface area contributed by atoms with E-state index in [9.17, 15) is 14.4 Å². The molecule has 2 aliphatic rings. The smallest absolute Gasteiger partial charge is 0.313 e. The second kappa shape index (κ2) is 8.37. The maximum absolute atomic E-state index is 13.1. The van der Waals surface area contributed by atoms with Crippen LogP contribution in [0.15, 0.2) is 36.7 Å². The van der Waals surface area contributed by atoms with Crippen molar-refractivity contribution in [1.29, 1.82) is 0 Å². The van der Waals surface area contributed by atoms with Crippen LogP contribution in [-0.2, 0) is 16.0 Å². The number of rotatable bonds is 3. The minimum absolute atomic E-state index is 0.143. The zero-order valence-electron chi connectivity index (χ0n) is 17.6. The molecule has 3 amide bonds. The highest BCUT2D eigenvalue weighted by Crippen LogP contribution is 2.37. The fourth-order valence-electron chi connectivity index (χ4n) is 4.33. The van der Waals surface area contributed by atoms with Gasteiger partial charge in [0, 0.05) is 19.2 Å². The first-order valence-electron chi connectivity index (χ1n) is 10.5. The number of nitrogens with two attached hydrogens (primary N) is 1. The highest BCUT2D eigenvalue weighted by Gasteiger charge is 2.35. The molecule has 1 fully saturated rings. The fraction of sp³-hybridized carbons (Fsp3) is 0.391. The van der Waals surface area contributed by atoms with Crippen molar-refractivity contribution < 1.29 is 19.1 Å². The largest absolute Gasteiger partial charge is 0.490 e. The summed E-state index contributed by atoms with van der Waals surface area (Å²) in [6.45, 7) is 4.61. The summed E-state index contributed by atoms with van der Waals surface area (Å²) in [6.07, 6.45) is 5.42. The van der Waals surface area contributed by atoms with Crippen molar-refractivity contribution in [2.75, 3.05) is 11.9 Å². The first-order valence-corrected chi connectivity index (χ1v) is 10.5. The molecule has 3 heterocycles. The predicted molar refractivity (Wildman–Crippen MR) is 114 cm³/mol. The monoisotopic (exact) mass is 422 g/mol. The Morgan fingerprint density at radius 2 is 1.97 bits per heavy atom. The van der Waals surface area contributed by atoms with Crippen molar-refractivity contribution in [1.82, 2.24) is 9.88 Å². The Morgan fingerprint density at radius 3 is 2.74 bits per heavy atom. The van der Waals surface area contributed by atoms with Gasteiger partial charge in [0.1, 0.15) is 11.9 Å². The van der Waals surface area contributed by atoms with Crippen LogP contribution in [0.4, 0.5) is 5.69 Å². The summed E-state index contributed by atoms with van der Waals surface area (Å²) in [4.78, 5) is 42.7. The van der Waals surface area contributed by atoms with Crippen LogP contribution in [0, 0.1) is 5.92 Å². The predicted octanol–water partition coefficient (Wildman–Crippen LogP) is 2.44. The van der Waals surface area contributed by atoms with Gasteiger partial charge in [0.05, 0.1) is 23.5 Å². The minimum Gasteiger partial charge on any atom is -0.490 e. The van der Waals surface area contributed by atoms with Gasteiger partial charge in [-0.05, 0) is 55.0 Å². The number of carbonyl (C=O) groups excluding carboxylic acids is 3. The third-order valence-corrected chi connectivity index (χ3v) is 5.86. The van der Waals surface area contributed by atoms with E-state index in [0.29, 0.717) is 12.5 Å². The van der Waals surface area contributed by atoms with E-state index in [1.54, 1.807) is 4.90 Å². The molecule has 8 heteroatoms. The van der Waals surface area contributed by atoms with Gasteiger partial charge in [0.2, 0.25) is 5.91 Å². The molecule has 8 nitrogen and oxygen atoms in total. The molecular weight excluding hydrogens is 396 g/mol. The highest BCUT2D eigenvalue weighted by atomic mass is 16.5. The highest BCUT2D eigenvalue weighted by molar-refractivity contribution is 6.39. The van der Waals surface area contributed by atoms with Crippen LogP contribution in [0.1, 0.15) is 54.2 Å². The van der Waals surface area contributed by atoms with Gasteiger partial charge in [-0.15, -0.1) is 0 Å². The number of benzene rings is 1. The normalized spacial score (nSPS) is 22.4. The molecule has 1 aromatic carbocycles.